The maximum absolute atomic E-state index is 10.1. The van der Waals surface area contributed by atoms with Crippen molar-refractivity contribution in [3.8, 4) is 0 Å². The molecule has 1 aliphatic rings. The number of nitrogen functional groups attached to an aromatic ring is 1. The molecule has 21 heavy (non-hydrogen) atoms. The van der Waals surface area contributed by atoms with Gasteiger partial charge in [-0.3, -0.25) is 0 Å². The summed E-state index contributed by atoms with van der Waals surface area (Å²) in [6.07, 6.45) is -2.62. The summed E-state index contributed by atoms with van der Waals surface area (Å²) in [5.41, 5.74) is 6.77. The van der Waals surface area contributed by atoms with Crippen molar-refractivity contribution in [2.75, 3.05) is 12.3 Å². The number of fused-ring (bicyclic) bond motifs is 1. The maximum atomic E-state index is 10.1. The molecular weight excluding hydrogens is 385 g/mol. The number of ether oxygens (including phenoxy) is 1. The summed E-state index contributed by atoms with van der Waals surface area (Å²) in [6.45, 7) is -0.382. The van der Waals surface area contributed by atoms with E-state index < -0.39 is 45.7 Å². The molecule has 0 aromatic carbocycles. The van der Waals surface area contributed by atoms with Gasteiger partial charge in [0, 0.05) is 0 Å². The fourth-order valence-corrected chi connectivity index (χ4v) is 3.63. The van der Waals surface area contributed by atoms with E-state index in [-0.39, 0.29) is 6.61 Å². The quantitative estimate of drug-likeness (QED) is 0.412. The number of anilines is 1. The molecule has 2 aromatic heterocycles. The summed E-state index contributed by atoms with van der Waals surface area (Å²) < 4.78 is 7.73. The summed E-state index contributed by atoms with van der Waals surface area (Å²) in [5.74, 6) is 0.295. The molecule has 1 fully saturated rings. The van der Waals surface area contributed by atoms with Crippen molar-refractivity contribution in [2.24, 2.45) is 0 Å². The van der Waals surface area contributed by atoms with Crippen LogP contribution >= 0.6 is 0 Å². The van der Waals surface area contributed by atoms with E-state index in [1.165, 1.54) is 10.9 Å². The van der Waals surface area contributed by atoms with Crippen LogP contribution in [-0.4, -0.2) is 80.9 Å². The molecule has 3 heterocycles. The normalized spacial score (nSPS) is 29.3. The van der Waals surface area contributed by atoms with Gasteiger partial charge in [0.2, 0.25) is 0 Å². The van der Waals surface area contributed by atoms with Crippen molar-refractivity contribution in [3.05, 3.63) is 6.33 Å². The molecule has 9 nitrogen and oxygen atoms in total. The predicted molar refractivity (Wildman–Crippen MR) is 74.0 cm³/mol. The van der Waals surface area contributed by atoms with Crippen molar-refractivity contribution in [3.63, 3.8) is 0 Å². The van der Waals surface area contributed by atoms with Crippen molar-refractivity contribution in [1.29, 1.82) is 0 Å². The molecule has 1 saturated heterocycles. The average molecular weight is 400 g/mol. The van der Waals surface area contributed by atoms with E-state index in [0.29, 0.717) is 17.0 Å². The van der Waals surface area contributed by atoms with Crippen LogP contribution in [0.5, 0.6) is 0 Å². The zero-order valence-electron chi connectivity index (χ0n) is 11.2. The molecule has 0 aliphatic carbocycles. The van der Waals surface area contributed by atoms with Gasteiger partial charge in [-0.15, -0.1) is 0 Å². The molecule has 0 unspecified atom stereocenters. The molecule has 2 radical (unpaired) electrons. The van der Waals surface area contributed by atoms with Crippen LogP contribution in [0.4, 0.5) is 5.82 Å². The standard InChI is InChI=1S/C10H12N5O4.CH3.Sn/c11-8-5-9(13-2-12-8)15(3-14-5)10-7(18)6(17)4(1-16)19-10;;/h3-4,6-7,10,16-18H,1H2,(H2,11,12,13);1H3;/t4-,6-,7-,10-;;/m1../s1. The molecule has 5 N–H and O–H groups in total. The number of hydrogen-bond donors (Lipinski definition) is 4. The Hall–Kier alpha value is -1.01. The Morgan fingerprint density at radius 3 is 2.76 bits per heavy atom. The van der Waals surface area contributed by atoms with Crippen LogP contribution in [0.3, 0.4) is 0 Å². The molecule has 0 amide bonds. The monoisotopic (exact) mass is 401 g/mol. The number of imidazole rings is 1. The van der Waals surface area contributed by atoms with Gasteiger partial charge in [0.05, 0.1) is 0 Å². The first-order chi connectivity index (χ1) is 10.1. The molecule has 2 aromatic rings. The first kappa shape index (κ1) is 14.9. The van der Waals surface area contributed by atoms with E-state index in [0.717, 1.165) is 3.84 Å². The van der Waals surface area contributed by atoms with E-state index in [1.54, 1.807) is 0 Å². The van der Waals surface area contributed by atoms with Crippen LogP contribution in [0.15, 0.2) is 6.33 Å². The van der Waals surface area contributed by atoms with Crippen LogP contribution in [0, 0.1) is 0 Å². The first-order valence-electron chi connectivity index (χ1n) is 6.37. The zero-order chi connectivity index (χ0) is 15.1. The molecule has 10 heteroatoms. The molecule has 1 aliphatic heterocycles. The summed E-state index contributed by atoms with van der Waals surface area (Å²) in [4.78, 5) is 14.8. The summed E-state index contributed by atoms with van der Waals surface area (Å²) in [6, 6.07) is 0. The molecule has 0 spiro atoms. The Labute approximate surface area is 130 Å². The van der Waals surface area contributed by atoms with Crippen molar-refractivity contribution < 1.29 is 20.1 Å². The third-order valence-electron chi connectivity index (χ3n) is 3.46. The van der Waals surface area contributed by atoms with Crippen LogP contribution in [0.2, 0.25) is 4.94 Å². The van der Waals surface area contributed by atoms with Crippen LogP contribution in [0.25, 0.3) is 11.2 Å². The fraction of sp³-hybridized carbons (Fsp3) is 0.545. The van der Waals surface area contributed by atoms with Crippen molar-refractivity contribution in [1.82, 2.24) is 19.5 Å². The Morgan fingerprint density at radius 1 is 1.38 bits per heavy atom. The Morgan fingerprint density at radius 2 is 2.14 bits per heavy atom. The SMILES string of the molecule is [CH3][Sn][c]1nc(N)c2ncn([C@@H]3O[C@H](CO)[C@@H](O)[C@H]3O)c2n1. The van der Waals surface area contributed by atoms with E-state index in [4.69, 9.17) is 15.6 Å². The van der Waals surface area contributed by atoms with Gasteiger partial charge >= 0.3 is 130 Å². The number of nitrogens with zero attached hydrogens (tertiary/aromatic N) is 4. The van der Waals surface area contributed by atoms with Gasteiger partial charge in [0.1, 0.15) is 0 Å². The number of hydrogen-bond acceptors (Lipinski definition) is 8. The van der Waals surface area contributed by atoms with E-state index in [1.807, 2.05) is 0 Å². The second-order valence-electron chi connectivity index (χ2n) is 4.74. The molecule has 112 valence electrons. The molecule has 0 saturated carbocycles. The third-order valence-corrected chi connectivity index (χ3v) is 5.38. The van der Waals surface area contributed by atoms with Gasteiger partial charge in [-0.2, -0.15) is 0 Å². The minimum absolute atomic E-state index is 0.295. The van der Waals surface area contributed by atoms with E-state index in [9.17, 15) is 10.2 Å². The molecule has 4 atom stereocenters. The Bertz CT molecular complexity index is 665. The van der Waals surface area contributed by atoms with E-state index >= 15 is 0 Å². The summed E-state index contributed by atoms with van der Waals surface area (Å²) >= 11 is -0.879. The molecular formula is C11H15N5O4Sn. The van der Waals surface area contributed by atoms with Gasteiger partial charge in [0.25, 0.3) is 0 Å². The number of nitrogens with two attached hydrogens (primary N) is 1. The zero-order valence-corrected chi connectivity index (χ0v) is 14.1. The number of aliphatic hydroxyl groups excluding tert-OH is 3. The van der Waals surface area contributed by atoms with Gasteiger partial charge in [0.15, 0.2) is 0 Å². The van der Waals surface area contributed by atoms with Gasteiger partial charge in [-0.05, 0) is 0 Å². The van der Waals surface area contributed by atoms with Crippen LogP contribution in [0.1, 0.15) is 6.23 Å². The summed E-state index contributed by atoms with van der Waals surface area (Å²) in [5, 5.41) is 29.1. The Balaban J connectivity index is 2.07. The topological polar surface area (TPSA) is 140 Å². The van der Waals surface area contributed by atoms with E-state index in [2.05, 4.69) is 19.9 Å². The second-order valence-corrected chi connectivity index (χ2v) is 7.44. The number of aromatic nitrogens is 4. The Kier molecular flexibility index (Phi) is 4.01. The van der Waals surface area contributed by atoms with Gasteiger partial charge in [-0.25, -0.2) is 0 Å². The second kappa shape index (κ2) is 5.65. The van der Waals surface area contributed by atoms with Crippen molar-refractivity contribution >= 4 is 42.0 Å². The number of aliphatic hydroxyl groups is 3. The van der Waals surface area contributed by atoms with Crippen molar-refractivity contribution in [2.45, 2.75) is 29.5 Å². The van der Waals surface area contributed by atoms with Gasteiger partial charge < -0.3 is 0 Å². The minimum atomic E-state index is -1.18. The number of rotatable bonds is 3. The van der Waals surface area contributed by atoms with Crippen LogP contribution in [-0.2, 0) is 4.74 Å². The molecule has 3 rings (SSSR count). The van der Waals surface area contributed by atoms with Gasteiger partial charge in [-0.1, -0.05) is 0 Å². The van der Waals surface area contributed by atoms with Crippen LogP contribution < -0.4 is 9.57 Å². The fourth-order valence-electron chi connectivity index (χ4n) is 2.35. The average Bonchev–Trinajstić information content (AvgIpc) is 3.02. The first-order valence-corrected chi connectivity index (χ1v) is 10.6. The third kappa shape index (κ3) is 2.38. The predicted octanol–water partition coefficient (Wildman–Crippen LogP) is -2.60. The summed E-state index contributed by atoms with van der Waals surface area (Å²) in [7, 11) is 0. The molecule has 0 bridgehead atoms.